The minimum absolute atomic E-state index is 0.0986. The summed E-state index contributed by atoms with van der Waals surface area (Å²) in [5.41, 5.74) is 0. The number of carbonyl (C=O) groups excluding carboxylic acids is 1. The van der Waals surface area contributed by atoms with Gasteiger partial charge in [-0.1, -0.05) is 25.7 Å². The van der Waals surface area contributed by atoms with Gasteiger partial charge in [0.1, 0.15) is 0 Å². The number of carboxylic acids is 1. The van der Waals surface area contributed by atoms with E-state index in [-0.39, 0.29) is 17.9 Å². The lowest BCUT2D eigenvalue weighted by atomic mass is 9.78. The van der Waals surface area contributed by atoms with E-state index in [0.29, 0.717) is 6.42 Å². The van der Waals surface area contributed by atoms with Gasteiger partial charge in [0.15, 0.2) is 0 Å². The van der Waals surface area contributed by atoms with Gasteiger partial charge in [0, 0.05) is 12.6 Å². The van der Waals surface area contributed by atoms with E-state index in [1.165, 1.54) is 12.8 Å². The highest BCUT2D eigenvalue weighted by Crippen LogP contribution is 2.33. The minimum Gasteiger partial charge on any atom is -0.481 e. The molecule has 1 saturated carbocycles. The molecule has 0 aromatic rings. The van der Waals surface area contributed by atoms with Gasteiger partial charge in [-0.2, -0.15) is 0 Å². The SMILES string of the molecule is CC1CCCCCN1C(=O)C1CCCCC1C(=O)O. The Balaban J connectivity index is 2.09. The van der Waals surface area contributed by atoms with Crippen molar-refractivity contribution in [2.75, 3.05) is 6.54 Å². The van der Waals surface area contributed by atoms with Crippen LogP contribution in [0.15, 0.2) is 0 Å². The van der Waals surface area contributed by atoms with Crippen LogP contribution in [0.25, 0.3) is 0 Å². The highest BCUT2D eigenvalue weighted by Gasteiger charge is 2.38. The minimum atomic E-state index is -0.791. The van der Waals surface area contributed by atoms with Crippen LogP contribution >= 0.6 is 0 Å². The fraction of sp³-hybridized carbons (Fsp3) is 0.867. The number of aliphatic carboxylic acids is 1. The fourth-order valence-corrected chi connectivity index (χ4v) is 3.54. The Morgan fingerprint density at radius 3 is 2.26 bits per heavy atom. The van der Waals surface area contributed by atoms with Crippen LogP contribution in [-0.2, 0) is 9.59 Å². The van der Waals surface area contributed by atoms with Gasteiger partial charge in [-0.15, -0.1) is 0 Å². The largest absolute Gasteiger partial charge is 0.481 e. The van der Waals surface area contributed by atoms with Crippen molar-refractivity contribution in [3.05, 3.63) is 0 Å². The normalized spacial score (nSPS) is 32.7. The van der Waals surface area contributed by atoms with Gasteiger partial charge in [-0.25, -0.2) is 0 Å². The molecule has 19 heavy (non-hydrogen) atoms. The van der Waals surface area contributed by atoms with Crippen LogP contribution in [-0.4, -0.2) is 34.5 Å². The van der Waals surface area contributed by atoms with Gasteiger partial charge in [0.05, 0.1) is 11.8 Å². The summed E-state index contributed by atoms with van der Waals surface area (Å²) in [6, 6.07) is 0.270. The zero-order valence-corrected chi connectivity index (χ0v) is 11.8. The molecule has 4 heteroatoms. The molecule has 3 atom stereocenters. The summed E-state index contributed by atoms with van der Waals surface area (Å²) in [6.45, 7) is 2.91. The van der Waals surface area contributed by atoms with Crippen molar-refractivity contribution in [3.63, 3.8) is 0 Å². The molecule has 1 amide bonds. The Labute approximate surface area is 115 Å². The summed E-state index contributed by atoms with van der Waals surface area (Å²) in [4.78, 5) is 26.0. The molecule has 1 saturated heterocycles. The zero-order valence-electron chi connectivity index (χ0n) is 11.8. The number of rotatable bonds is 2. The predicted octanol–water partition coefficient (Wildman–Crippen LogP) is 2.67. The third-order valence-electron chi connectivity index (χ3n) is 4.74. The number of carbonyl (C=O) groups is 2. The van der Waals surface area contributed by atoms with Crippen molar-refractivity contribution >= 4 is 11.9 Å². The average Bonchev–Trinajstić information content (AvgIpc) is 2.62. The Bertz CT molecular complexity index is 342. The quantitative estimate of drug-likeness (QED) is 0.836. The molecule has 2 fully saturated rings. The Morgan fingerprint density at radius 2 is 1.58 bits per heavy atom. The Hall–Kier alpha value is -1.06. The maximum absolute atomic E-state index is 12.7. The van der Waals surface area contributed by atoms with Gasteiger partial charge >= 0.3 is 5.97 Å². The molecule has 3 unspecified atom stereocenters. The molecule has 0 aromatic carbocycles. The van der Waals surface area contributed by atoms with Gasteiger partial charge in [0.2, 0.25) is 5.91 Å². The van der Waals surface area contributed by atoms with E-state index < -0.39 is 11.9 Å². The fourth-order valence-electron chi connectivity index (χ4n) is 3.54. The van der Waals surface area contributed by atoms with Crippen LogP contribution in [0.2, 0.25) is 0 Å². The van der Waals surface area contributed by atoms with Crippen LogP contribution in [0.4, 0.5) is 0 Å². The number of amides is 1. The molecule has 0 spiro atoms. The van der Waals surface area contributed by atoms with E-state index in [2.05, 4.69) is 6.92 Å². The second-order valence-corrected chi connectivity index (χ2v) is 6.07. The maximum atomic E-state index is 12.7. The summed E-state index contributed by atoms with van der Waals surface area (Å²) < 4.78 is 0. The monoisotopic (exact) mass is 267 g/mol. The lowest BCUT2D eigenvalue weighted by molar-refractivity contribution is -0.153. The van der Waals surface area contributed by atoms with E-state index in [9.17, 15) is 14.7 Å². The van der Waals surface area contributed by atoms with Gasteiger partial charge in [0.25, 0.3) is 0 Å². The van der Waals surface area contributed by atoms with Crippen molar-refractivity contribution < 1.29 is 14.7 Å². The van der Waals surface area contributed by atoms with Gasteiger partial charge in [-0.05, 0) is 32.6 Å². The van der Waals surface area contributed by atoms with Crippen molar-refractivity contribution in [1.29, 1.82) is 0 Å². The third kappa shape index (κ3) is 3.28. The van der Waals surface area contributed by atoms with E-state index in [4.69, 9.17) is 0 Å². The van der Waals surface area contributed by atoms with Crippen molar-refractivity contribution in [1.82, 2.24) is 4.90 Å². The molecule has 1 heterocycles. The average molecular weight is 267 g/mol. The molecule has 1 aliphatic heterocycles. The molecule has 108 valence electrons. The standard InChI is InChI=1S/C15H25NO3/c1-11-7-3-2-6-10-16(11)14(17)12-8-4-5-9-13(12)15(18)19/h11-13H,2-10H2,1H3,(H,18,19). The first-order valence-electron chi connectivity index (χ1n) is 7.64. The first kappa shape index (κ1) is 14.4. The molecule has 1 N–H and O–H groups in total. The molecular formula is C15H25NO3. The summed E-state index contributed by atoms with van der Waals surface area (Å²) >= 11 is 0. The lowest BCUT2D eigenvalue weighted by Gasteiger charge is -2.35. The number of hydrogen-bond acceptors (Lipinski definition) is 2. The summed E-state index contributed by atoms with van der Waals surface area (Å²) in [6.07, 6.45) is 7.81. The first-order valence-corrected chi connectivity index (χ1v) is 7.64. The molecule has 0 radical (unpaired) electrons. The summed E-state index contributed by atoms with van der Waals surface area (Å²) in [7, 11) is 0. The van der Waals surface area contributed by atoms with Crippen molar-refractivity contribution in [2.24, 2.45) is 11.8 Å². The number of likely N-dealkylation sites (tertiary alicyclic amines) is 1. The van der Waals surface area contributed by atoms with E-state index in [0.717, 1.165) is 38.6 Å². The molecular weight excluding hydrogens is 242 g/mol. The number of hydrogen-bond donors (Lipinski definition) is 1. The van der Waals surface area contributed by atoms with Crippen molar-refractivity contribution in [3.8, 4) is 0 Å². The molecule has 2 aliphatic rings. The Kier molecular flexibility index (Phi) is 4.83. The van der Waals surface area contributed by atoms with Crippen LogP contribution in [0.1, 0.15) is 58.3 Å². The topological polar surface area (TPSA) is 57.6 Å². The second kappa shape index (κ2) is 6.40. The van der Waals surface area contributed by atoms with Crippen LogP contribution < -0.4 is 0 Å². The highest BCUT2D eigenvalue weighted by molar-refractivity contribution is 5.85. The molecule has 0 bridgehead atoms. The van der Waals surface area contributed by atoms with Crippen LogP contribution in [0, 0.1) is 11.8 Å². The second-order valence-electron chi connectivity index (χ2n) is 6.07. The third-order valence-corrected chi connectivity index (χ3v) is 4.74. The molecule has 0 aromatic heterocycles. The predicted molar refractivity (Wildman–Crippen MR) is 72.7 cm³/mol. The Morgan fingerprint density at radius 1 is 0.947 bits per heavy atom. The van der Waals surface area contributed by atoms with Crippen LogP contribution in [0.3, 0.4) is 0 Å². The smallest absolute Gasteiger partial charge is 0.307 e. The number of nitrogens with zero attached hydrogens (tertiary/aromatic N) is 1. The van der Waals surface area contributed by atoms with Gasteiger partial charge < -0.3 is 10.0 Å². The number of carboxylic acid groups (broad SMARTS) is 1. The zero-order chi connectivity index (χ0) is 13.8. The molecule has 4 nitrogen and oxygen atoms in total. The van der Waals surface area contributed by atoms with E-state index in [1.54, 1.807) is 0 Å². The molecule has 1 aliphatic carbocycles. The van der Waals surface area contributed by atoms with E-state index >= 15 is 0 Å². The first-order chi connectivity index (χ1) is 9.11. The summed E-state index contributed by atoms with van der Waals surface area (Å²) in [5, 5.41) is 9.31. The molecule has 2 rings (SSSR count). The summed E-state index contributed by atoms with van der Waals surface area (Å²) in [5.74, 6) is -1.44. The van der Waals surface area contributed by atoms with Crippen LogP contribution in [0.5, 0.6) is 0 Å². The van der Waals surface area contributed by atoms with Gasteiger partial charge in [-0.3, -0.25) is 9.59 Å². The lowest BCUT2D eigenvalue weighted by Crippen LogP contribution is -2.46. The van der Waals surface area contributed by atoms with Crippen molar-refractivity contribution in [2.45, 2.75) is 64.3 Å². The maximum Gasteiger partial charge on any atom is 0.307 e. The highest BCUT2D eigenvalue weighted by atomic mass is 16.4. The van der Waals surface area contributed by atoms with E-state index in [1.807, 2.05) is 4.90 Å².